The van der Waals surface area contributed by atoms with Gasteiger partial charge < -0.3 is 114 Å². The fourth-order valence-electron chi connectivity index (χ4n) is 15.9. The van der Waals surface area contributed by atoms with Crippen molar-refractivity contribution in [1.29, 1.82) is 0 Å². The first kappa shape index (κ1) is 55.4. The van der Waals surface area contributed by atoms with E-state index in [2.05, 4.69) is 27.7 Å². The molecule has 4 aliphatic carbocycles. The van der Waals surface area contributed by atoms with Crippen molar-refractivity contribution in [1.82, 2.24) is 0 Å². The van der Waals surface area contributed by atoms with Gasteiger partial charge in [-0.25, -0.2) is 0 Å². The third-order valence-electron chi connectivity index (χ3n) is 20.0. The minimum Gasteiger partial charge on any atom is -0.394 e. The van der Waals surface area contributed by atoms with E-state index in [0.717, 1.165) is 51.6 Å². The third-order valence-corrected chi connectivity index (χ3v) is 20.0. The molecule has 6 saturated heterocycles. The second kappa shape index (κ2) is 21.3. The average molecular weight is 1050 g/mol. The van der Waals surface area contributed by atoms with Crippen molar-refractivity contribution in [2.45, 2.75) is 226 Å². The van der Waals surface area contributed by atoms with Crippen LogP contribution in [0.2, 0.25) is 0 Å². The number of hydrogen-bond donors (Lipinski definition) is 13. The smallest absolute Gasteiger partial charge is 0.187 e. The fraction of sp³-hybridized carbons (Fsp3) is 1.00. The maximum absolute atomic E-state index is 12.0. The quantitative estimate of drug-likeness (QED) is 0.0902. The zero-order chi connectivity index (χ0) is 52.2. The van der Waals surface area contributed by atoms with E-state index in [4.69, 9.17) is 47.4 Å². The van der Waals surface area contributed by atoms with Gasteiger partial charge in [0.1, 0.15) is 91.6 Å². The molecule has 4 saturated carbocycles. The second-order valence-corrected chi connectivity index (χ2v) is 24.0. The Morgan fingerprint density at radius 3 is 1.85 bits per heavy atom. The van der Waals surface area contributed by atoms with E-state index in [1.807, 2.05) is 0 Å². The van der Waals surface area contributed by atoms with E-state index in [1.54, 1.807) is 0 Å². The van der Waals surface area contributed by atoms with E-state index in [1.165, 1.54) is 0 Å². The lowest BCUT2D eigenvalue weighted by Gasteiger charge is -2.62. The van der Waals surface area contributed by atoms with Gasteiger partial charge in [0.15, 0.2) is 30.9 Å². The first-order valence-corrected chi connectivity index (χ1v) is 26.8. The Morgan fingerprint density at radius 1 is 0.521 bits per heavy atom. The summed E-state index contributed by atoms with van der Waals surface area (Å²) in [7, 11) is 0. The lowest BCUT2D eigenvalue weighted by molar-refractivity contribution is -0.404. The van der Waals surface area contributed by atoms with Crippen LogP contribution in [0.4, 0.5) is 0 Å². The molecular formula is C50H82O23. The lowest BCUT2D eigenvalue weighted by Crippen LogP contribution is -2.68. The highest BCUT2D eigenvalue weighted by Crippen LogP contribution is 2.71. The molecule has 1 spiro atoms. The van der Waals surface area contributed by atoms with E-state index in [9.17, 15) is 66.4 Å². The molecule has 6 aliphatic heterocycles. The van der Waals surface area contributed by atoms with Crippen LogP contribution in [-0.2, 0) is 47.4 Å². The molecule has 23 heteroatoms. The Morgan fingerprint density at radius 2 is 1.15 bits per heavy atom. The topological polar surface area (TPSA) is 355 Å². The van der Waals surface area contributed by atoms with Gasteiger partial charge >= 0.3 is 0 Å². The maximum atomic E-state index is 12.0. The van der Waals surface area contributed by atoms with Crippen molar-refractivity contribution in [2.24, 2.45) is 52.3 Å². The van der Waals surface area contributed by atoms with E-state index in [-0.39, 0.29) is 22.9 Å². The van der Waals surface area contributed by atoms with Crippen LogP contribution in [-0.4, -0.2) is 240 Å². The van der Waals surface area contributed by atoms with Crippen molar-refractivity contribution in [3.8, 4) is 0 Å². The standard InChI is InChI=1S/C50H82O23/c1-19-7-10-50(65-17-19)20(2)32-28(73-50)12-24-22-6-5-21-11-27(25(54)13-49(21,4)23(22)8-9-48(24,32)3)66-45-40(63)37(60)41(31(16-53)69-45)70-47-43(72-46-39(62)36(59)34(57)29(14-51)67-46)42(35(58)30(15-52)68-47)71-44-38(61)33(56)26(55)18-64-44/h19-47,51-63H,5-18H2,1-4H3/t19-,20+,21+,22-,23+,24+,25-,26-,27-,28+,29+,30-,31+,32+,33+,34-,35-,36+,37-,38+,39-,40-,41+,42+,43-,44-,45+,46+,47+,48+,49+,50-/m1/s1. The average Bonchev–Trinajstić information content (AvgIpc) is 3.82. The summed E-state index contributed by atoms with van der Waals surface area (Å²) in [6, 6.07) is 0. The summed E-state index contributed by atoms with van der Waals surface area (Å²) in [6.45, 7) is 7.02. The summed E-state index contributed by atoms with van der Waals surface area (Å²) in [5, 5.41) is 141. The molecule has 0 aromatic heterocycles. The van der Waals surface area contributed by atoms with Gasteiger partial charge in [-0.05, 0) is 97.7 Å². The van der Waals surface area contributed by atoms with Gasteiger partial charge in [0.05, 0.1) is 51.3 Å². The Bertz CT molecular complexity index is 1860. The molecule has 10 fully saturated rings. The number of hydrogen-bond acceptors (Lipinski definition) is 23. The van der Waals surface area contributed by atoms with Gasteiger partial charge in [-0.3, -0.25) is 0 Å². The van der Waals surface area contributed by atoms with Crippen molar-refractivity contribution in [3.63, 3.8) is 0 Å². The molecule has 420 valence electrons. The largest absolute Gasteiger partial charge is 0.394 e. The molecule has 0 bridgehead atoms. The molecule has 10 aliphatic rings. The van der Waals surface area contributed by atoms with Crippen LogP contribution in [0.3, 0.4) is 0 Å². The summed E-state index contributed by atoms with van der Waals surface area (Å²) in [4.78, 5) is 0. The first-order valence-electron chi connectivity index (χ1n) is 26.8. The number of fused-ring (bicyclic) bond motifs is 7. The predicted molar refractivity (Wildman–Crippen MR) is 244 cm³/mol. The predicted octanol–water partition coefficient (Wildman–Crippen LogP) is -3.30. The van der Waals surface area contributed by atoms with E-state index >= 15 is 0 Å². The number of aliphatic hydroxyl groups is 13. The normalized spacial score (nSPS) is 58.2. The molecule has 0 radical (unpaired) electrons. The van der Waals surface area contributed by atoms with Crippen LogP contribution in [0.15, 0.2) is 0 Å². The minimum atomic E-state index is -2.02. The van der Waals surface area contributed by atoms with Gasteiger partial charge in [-0.2, -0.15) is 0 Å². The Hall–Kier alpha value is -0.920. The molecule has 23 nitrogen and oxygen atoms in total. The summed E-state index contributed by atoms with van der Waals surface area (Å²) < 4.78 is 61.1. The lowest BCUT2D eigenvalue weighted by atomic mass is 9.44. The van der Waals surface area contributed by atoms with Crippen LogP contribution in [0.25, 0.3) is 0 Å². The van der Waals surface area contributed by atoms with Gasteiger partial charge in [0, 0.05) is 12.3 Å². The van der Waals surface area contributed by atoms with Crippen LogP contribution >= 0.6 is 0 Å². The Balaban J connectivity index is 0.824. The van der Waals surface area contributed by atoms with Crippen LogP contribution in [0.5, 0.6) is 0 Å². The number of rotatable bonds is 11. The van der Waals surface area contributed by atoms with E-state index < -0.39 is 161 Å². The second-order valence-electron chi connectivity index (χ2n) is 24.0. The SMILES string of the molecule is C[C@@H]1CC[C@@]2(OC1)O[C@H]1C[C@H]3[C@@H]4CC[C@H]5C[C@@H](O[C@H]6O[C@@H](CO)[C@H](O[C@@H]7O[C@H](CO)[C@@H](O)[C@H](O[C@H]8OC[C@@H](O)[C@H](O)[C@@H]8O)[C@H]7O[C@@H]7O[C@@H](CO)[C@@H](O)[C@H](O)[C@H]7O)[C@H](O)[C@H]6O)[C@H](O)C[C@]5(C)[C@H]4CC[C@]3(C)[C@H]1[C@@H]2C. The highest BCUT2D eigenvalue weighted by Gasteiger charge is 2.70. The molecule has 0 aromatic rings. The molecule has 73 heavy (non-hydrogen) atoms. The summed E-state index contributed by atoms with van der Waals surface area (Å²) >= 11 is 0. The minimum absolute atomic E-state index is 0.130. The van der Waals surface area contributed by atoms with Crippen LogP contribution < -0.4 is 0 Å². The zero-order valence-electron chi connectivity index (χ0n) is 42.0. The fourth-order valence-corrected chi connectivity index (χ4v) is 15.9. The van der Waals surface area contributed by atoms with E-state index in [0.29, 0.717) is 48.3 Å². The van der Waals surface area contributed by atoms with Crippen LogP contribution in [0, 0.1) is 52.3 Å². The number of aliphatic hydroxyl groups excluding tert-OH is 13. The molecule has 13 N–H and O–H groups in total. The highest BCUT2D eigenvalue weighted by atomic mass is 16.8. The Kier molecular flexibility index (Phi) is 16.1. The molecule has 32 atom stereocenters. The summed E-state index contributed by atoms with van der Waals surface area (Å²) in [5.74, 6) is 2.34. The molecular weight excluding hydrogens is 969 g/mol. The molecule has 0 amide bonds. The van der Waals surface area contributed by atoms with Gasteiger partial charge in [0.2, 0.25) is 0 Å². The van der Waals surface area contributed by atoms with Crippen molar-refractivity contribution in [3.05, 3.63) is 0 Å². The maximum Gasteiger partial charge on any atom is 0.187 e. The third kappa shape index (κ3) is 9.49. The monoisotopic (exact) mass is 1050 g/mol. The summed E-state index contributed by atoms with van der Waals surface area (Å²) in [6.07, 6.45) is -27.2. The van der Waals surface area contributed by atoms with Gasteiger partial charge in [-0.1, -0.05) is 27.7 Å². The van der Waals surface area contributed by atoms with Crippen molar-refractivity contribution < 1.29 is 114 Å². The van der Waals surface area contributed by atoms with Crippen LogP contribution in [0.1, 0.15) is 85.5 Å². The molecule has 6 heterocycles. The van der Waals surface area contributed by atoms with Gasteiger partial charge in [0.25, 0.3) is 0 Å². The zero-order valence-corrected chi connectivity index (χ0v) is 42.0. The summed E-state index contributed by atoms with van der Waals surface area (Å²) in [5.41, 5.74) is -0.0565. The molecule has 10 rings (SSSR count). The van der Waals surface area contributed by atoms with Gasteiger partial charge in [-0.15, -0.1) is 0 Å². The van der Waals surface area contributed by atoms with Crippen molar-refractivity contribution >= 4 is 0 Å². The highest BCUT2D eigenvalue weighted by molar-refractivity contribution is 5.16. The molecule has 0 unspecified atom stereocenters. The number of ether oxygens (including phenoxy) is 10. The Labute approximate surface area is 424 Å². The molecule has 0 aromatic carbocycles. The van der Waals surface area contributed by atoms with Crippen molar-refractivity contribution in [2.75, 3.05) is 33.0 Å². The first-order chi connectivity index (χ1) is 34.7.